The molecule has 4 fully saturated rings. The van der Waals surface area contributed by atoms with Crippen molar-refractivity contribution in [3.63, 3.8) is 0 Å². The fourth-order valence-corrected chi connectivity index (χ4v) is 6.15. The average Bonchev–Trinajstić information content (AvgIpc) is 2.67. The Bertz CT molecular complexity index is 777. The Labute approximate surface area is 161 Å². The van der Waals surface area contributed by atoms with Crippen LogP contribution < -0.4 is 10.6 Å². The fraction of sp³-hybridized carbons (Fsp3) is 0.458. The molecule has 1 amide bonds. The first-order valence-corrected chi connectivity index (χ1v) is 10.4. The van der Waals surface area contributed by atoms with Gasteiger partial charge in [-0.3, -0.25) is 4.79 Å². The molecule has 0 aromatic heterocycles. The zero-order chi connectivity index (χ0) is 18.3. The van der Waals surface area contributed by atoms with Gasteiger partial charge >= 0.3 is 0 Å². The van der Waals surface area contributed by atoms with E-state index in [9.17, 15) is 4.79 Å². The second kappa shape index (κ2) is 6.70. The average molecular weight is 361 g/mol. The van der Waals surface area contributed by atoms with Crippen LogP contribution in [0.5, 0.6) is 0 Å². The molecule has 0 aliphatic heterocycles. The van der Waals surface area contributed by atoms with Crippen molar-refractivity contribution >= 4 is 17.3 Å². The molecule has 3 heteroatoms. The maximum absolute atomic E-state index is 13.1. The van der Waals surface area contributed by atoms with Crippen molar-refractivity contribution in [3.05, 3.63) is 60.2 Å². The molecule has 4 aliphatic rings. The predicted octanol–water partition coefficient (Wildman–Crippen LogP) is 5.26. The molecular weight excluding hydrogens is 332 g/mol. The Balaban J connectivity index is 1.20. The van der Waals surface area contributed by atoms with Crippen molar-refractivity contribution in [1.29, 1.82) is 0 Å². The first kappa shape index (κ1) is 16.9. The van der Waals surface area contributed by atoms with Gasteiger partial charge in [0.05, 0.1) is 0 Å². The van der Waals surface area contributed by atoms with Crippen LogP contribution in [0.1, 0.15) is 44.1 Å². The molecule has 0 unspecified atom stereocenters. The van der Waals surface area contributed by atoms with Crippen molar-refractivity contribution in [1.82, 2.24) is 5.32 Å². The van der Waals surface area contributed by atoms with Gasteiger partial charge in [0.15, 0.2) is 0 Å². The van der Waals surface area contributed by atoms with Gasteiger partial charge in [-0.2, -0.15) is 0 Å². The van der Waals surface area contributed by atoms with Crippen molar-refractivity contribution in [2.45, 2.75) is 45.1 Å². The maximum atomic E-state index is 13.1. The van der Waals surface area contributed by atoms with Gasteiger partial charge in [0.1, 0.15) is 0 Å². The summed E-state index contributed by atoms with van der Waals surface area (Å²) < 4.78 is 0. The highest BCUT2D eigenvalue weighted by atomic mass is 16.2. The van der Waals surface area contributed by atoms with Gasteiger partial charge in [-0.25, -0.2) is 0 Å². The molecule has 4 saturated carbocycles. The first-order chi connectivity index (χ1) is 13.2. The molecule has 0 atom stereocenters. The minimum atomic E-state index is -0.0520. The van der Waals surface area contributed by atoms with Crippen LogP contribution in [-0.2, 0) is 11.3 Å². The van der Waals surface area contributed by atoms with E-state index in [1.54, 1.807) is 0 Å². The Kier molecular flexibility index (Phi) is 4.18. The van der Waals surface area contributed by atoms with Gasteiger partial charge in [0, 0.05) is 23.3 Å². The molecule has 0 radical (unpaired) electrons. The Morgan fingerprint density at radius 3 is 1.96 bits per heavy atom. The van der Waals surface area contributed by atoms with Crippen molar-refractivity contribution in [2.24, 2.45) is 23.2 Å². The van der Waals surface area contributed by atoms with Crippen LogP contribution >= 0.6 is 0 Å². The van der Waals surface area contributed by atoms with E-state index in [2.05, 4.69) is 47.0 Å². The van der Waals surface area contributed by atoms with Crippen LogP contribution in [0.2, 0.25) is 0 Å². The van der Waals surface area contributed by atoms with E-state index in [1.165, 1.54) is 19.3 Å². The molecule has 27 heavy (non-hydrogen) atoms. The van der Waals surface area contributed by atoms with Crippen LogP contribution in [0.15, 0.2) is 54.6 Å². The Hall–Kier alpha value is -2.29. The van der Waals surface area contributed by atoms with Crippen molar-refractivity contribution < 1.29 is 4.79 Å². The summed E-state index contributed by atoms with van der Waals surface area (Å²) in [5.41, 5.74) is 3.26. The summed E-state index contributed by atoms with van der Waals surface area (Å²) in [7, 11) is 0. The molecule has 140 valence electrons. The highest BCUT2D eigenvalue weighted by Crippen LogP contribution is 2.60. The van der Waals surface area contributed by atoms with Crippen LogP contribution in [-0.4, -0.2) is 5.91 Å². The van der Waals surface area contributed by atoms with Crippen molar-refractivity contribution in [3.8, 4) is 0 Å². The fourth-order valence-electron chi connectivity index (χ4n) is 6.15. The molecule has 0 spiro atoms. The third-order valence-electron chi connectivity index (χ3n) is 6.99. The van der Waals surface area contributed by atoms with Crippen LogP contribution in [0.25, 0.3) is 0 Å². The number of nitrogens with one attached hydrogen (secondary N) is 2. The molecule has 2 aromatic carbocycles. The Morgan fingerprint density at radius 1 is 0.815 bits per heavy atom. The lowest BCUT2D eigenvalue weighted by Gasteiger charge is -2.55. The second-order valence-electron chi connectivity index (χ2n) is 9.07. The summed E-state index contributed by atoms with van der Waals surface area (Å²) in [5.74, 6) is 2.74. The minimum absolute atomic E-state index is 0.0520. The number of hydrogen-bond acceptors (Lipinski definition) is 2. The number of carbonyl (C=O) groups excluding carboxylic acids is 1. The zero-order valence-electron chi connectivity index (χ0n) is 15.8. The standard InChI is InChI=1S/C24H28N2O/c27-23(24-13-18-10-19(14-24)12-20(11-18)15-24)25-16-17-6-8-22(9-7-17)26-21-4-2-1-3-5-21/h1-9,18-20,26H,10-16H2,(H,25,27). The molecule has 2 aromatic rings. The molecular formula is C24H28N2O. The van der Waals surface area contributed by atoms with Gasteiger partial charge in [0.25, 0.3) is 0 Å². The quantitative estimate of drug-likeness (QED) is 0.763. The predicted molar refractivity (Wildman–Crippen MR) is 109 cm³/mol. The molecule has 6 rings (SSSR count). The number of carbonyl (C=O) groups is 1. The number of hydrogen-bond donors (Lipinski definition) is 2. The summed E-state index contributed by atoms with van der Waals surface area (Å²) in [6.45, 7) is 0.631. The summed E-state index contributed by atoms with van der Waals surface area (Å²) in [6, 6.07) is 18.5. The number of para-hydroxylation sites is 1. The van der Waals surface area contributed by atoms with E-state index in [4.69, 9.17) is 0 Å². The molecule has 4 bridgehead atoms. The highest BCUT2D eigenvalue weighted by Gasteiger charge is 2.54. The van der Waals surface area contributed by atoms with Crippen LogP contribution in [0, 0.1) is 23.2 Å². The number of anilines is 2. The van der Waals surface area contributed by atoms with Gasteiger partial charge in [-0.05, 0) is 86.1 Å². The maximum Gasteiger partial charge on any atom is 0.226 e. The lowest BCUT2D eigenvalue weighted by Crippen LogP contribution is -2.53. The summed E-state index contributed by atoms with van der Waals surface area (Å²) in [4.78, 5) is 13.1. The summed E-state index contributed by atoms with van der Waals surface area (Å²) >= 11 is 0. The van der Waals surface area contributed by atoms with E-state index in [1.807, 2.05) is 18.2 Å². The van der Waals surface area contributed by atoms with E-state index in [-0.39, 0.29) is 5.41 Å². The molecule has 0 saturated heterocycles. The normalized spacial score (nSPS) is 30.9. The minimum Gasteiger partial charge on any atom is -0.356 e. The van der Waals surface area contributed by atoms with E-state index >= 15 is 0 Å². The third-order valence-corrected chi connectivity index (χ3v) is 6.99. The van der Waals surface area contributed by atoms with Gasteiger partial charge in [-0.15, -0.1) is 0 Å². The zero-order valence-corrected chi connectivity index (χ0v) is 15.8. The number of benzene rings is 2. The summed E-state index contributed by atoms with van der Waals surface area (Å²) in [6.07, 6.45) is 7.52. The molecule has 3 nitrogen and oxygen atoms in total. The van der Waals surface area contributed by atoms with Crippen molar-refractivity contribution in [2.75, 3.05) is 5.32 Å². The smallest absolute Gasteiger partial charge is 0.226 e. The highest BCUT2D eigenvalue weighted by molar-refractivity contribution is 5.83. The van der Waals surface area contributed by atoms with E-state index in [0.717, 1.165) is 54.0 Å². The topological polar surface area (TPSA) is 41.1 Å². The molecule has 0 heterocycles. The second-order valence-corrected chi connectivity index (χ2v) is 9.07. The van der Waals surface area contributed by atoms with Crippen LogP contribution in [0.4, 0.5) is 11.4 Å². The van der Waals surface area contributed by atoms with Gasteiger partial charge in [-0.1, -0.05) is 30.3 Å². The van der Waals surface area contributed by atoms with Gasteiger partial charge < -0.3 is 10.6 Å². The largest absolute Gasteiger partial charge is 0.356 e. The number of rotatable bonds is 5. The van der Waals surface area contributed by atoms with Crippen LogP contribution in [0.3, 0.4) is 0 Å². The van der Waals surface area contributed by atoms with Gasteiger partial charge in [0.2, 0.25) is 5.91 Å². The summed E-state index contributed by atoms with van der Waals surface area (Å²) in [5, 5.41) is 6.66. The van der Waals surface area contributed by atoms with E-state index < -0.39 is 0 Å². The lowest BCUT2D eigenvalue weighted by atomic mass is 9.49. The Morgan fingerprint density at radius 2 is 1.37 bits per heavy atom. The monoisotopic (exact) mass is 360 g/mol. The number of amides is 1. The van der Waals surface area contributed by atoms with E-state index in [0.29, 0.717) is 12.5 Å². The molecule has 4 aliphatic carbocycles. The third kappa shape index (κ3) is 3.36. The molecule has 2 N–H and O–H groups in total. The lowest BCUT2D eigenvalue weighted by molar-refractivity contribution is -0.146. The SMILES string of the molecule is O=C(NCc1ccc(Nc2ccccc2)cc1)C12CC3CC(CC(C3)C1)C2. The first-order valence-electron chi connectivity index (χ1n) is 10.4.